The van der Waals surface area contributed by atoms with Gasteiger partial charge < -0.3 is 9.80 Å². The molecule has 1 aromatic rings. The van der Waals surface area contributed by atoms with Crippen molar-refractivity contribution >= 4 is 11.8 Å². The van der Waals surface area contributed by atoms with Crippen molar-refractivity contribution in [2.45, 2.75) is 58.3 Å². The van der Waals surface area contributed by atoms with Crippen molar-refractivity contribution in [1.29, 1.82) is 0 Å². The third-order valence-electron chi connectivity index (χ3n) is 5.82. The first-order chi connectivity index (χ1) is 12.6. The standard InChI is InChI=1S/C22H32N2O2/c1-18-7-6-8-19(17-18)9-10-21(25)23-15-11-20(12-16-23)22(26)24-13-4-2-3-5-14-24/h6-8,17,20H,2-5,9-16H2,1H3. The van der Waals surface area contributed by atoms with E-state index in [1.807, 2.05) is 4.90 Å². The van der Waals surface area contributed by atoms with Crippen LogP contribution >= 0.6 is 0 Å². The number of hydrogen-bond donors (Lipinski definition) is 0. The van der Waals surface area contributed by atoms with Gasteiger partial charge in [-0.15, -0.1) is 0 Å². The van der Waals surface area contributed by atoms with Gasteiger partial charge in [0.25, 0.3) is 0 Å². The van der Waals surface area contributed by atoms with Crippen molar-refractivity contribution < 1.29 is 9.59 Å². The predicted molar refractivity (Wildman–Crippen MR) is 104 cm³/mol. The van der Waals surface area contributed by atoms with Crippen molar-refractivity contribution in [2.75, 3.05) is 26.2 Å². The fourth-order valence-electron chi connectivity index (χ4n) is 4.20. The van der Waals surface area contributed by atoms with Crippen LogP contribution in [-0.4, -0.2) is 47.8 Å². The van der Waals surface area contributed by atoms with Crippen LogP contribution < -0.4 is 0 Å². The molecular weight excluding hydrogens is 324 g/mol. The van der Waals surface area contributed by atoms with Gasteiger partial charge in [-0.3, -0.25) is 9.59 Å². The van der Waals surface area contributed by atoms with Crippen LogP contribution in [0.25, 0.3) is 0 Å². The molecule has 0 unspecified atom stereocenters. The van der Waals surface area contributed by atoms with E-state index < -0.39 is 0 Å². The minimum Gasteiger partial charge on any atom is -0.343 e. The molecule has 2 aliphatic heterocycles. The van der Waals surface area contributed by atoms with Crippen LogP contribution in [0.1, 0.15) is 56.1 Å². The van der Waals surface area contributed by atoms with E-state index in [1.165, 1.54) is 24.0 Å². The van der Waals surface area contributed by atoms with Gasteiger partial charge in [0.2, 0.25) is 11.8 Å². The number of carbonyl (C=O) groups is 2. The number of likely N-dealkylation sites (tertiary alicyclic amines) is 2. The zero-order valence-corrected chi connectivity index (χ0v) is 16.1. The van der Waals surface area contributed by atoms with Gasteiger partial charge >= 0.3 is 0 Å². The summed E-state index contributed by atoms with van der Waals surface area (Å²) >= 11 is 0. The first kappa shape index (κ1) is 18.9. The molecule has 26 heavy (non-hydrogen) atoms. The minimum atomic E-state index is 0.119. The molecule has 3 rings (SSSR count). The number of benzene rings is 1. The van der Waals surface area contributed by atoms with E-state index in [9.17, 15) is 9.59 Å². The number of amides is 2. The predicted octanol–water partition coefficient (Wildman–Crippen LogP) is 3.57. The third kappa shape index (κ3) is 5.09. The smallest absolute Gasteiger partial charge is 0.225 e. The number of aryl methyl sites for hydroxylation is 2. The van der Waals surface area contributed by atoms with Crippen LogP contribution in [0, 0.1) is 12.8 Å². The number of carbonyl (C=O) groups excluding carboxylic acids is 2. The Bertz CT molecular complexity index is 612. The molecule has 1 aromatic carbocycles. The Balaban J connectivity index is 1.43. The lowest BCUT2D eigenvalue weighted by Crippen LogP contribution is -2.44. The molecule has 4 heteroatoms. The minimum absolute atomic E-state index is 0.119. The monoisotopic (exact) mass is 356 g/mol. The topological polar surface area (TPSA) is 40.6 Å². The van der Waals surface area contributed by atoms with E-state index in [0.717, 1.165) is 58.3 Å². The summed E-state index contributed by atoms with van der Waals surface area (Å²) in [5.41, 5.74) is 2.47. The summed E-state index contributed by atoms with van der Waals surface area (Å²) in [7, 11) is 0. The molecule has 2 amide bonds. The summed E-state index contributed by atoms with van der Waals surface area (Å²) in [6.07, 6.45) is 7.79. The molecule has 0 atom stereocenters. The molecule has 0 aliphatic carbocycles. The number of rotatable bonds is 4. The molecule has 0 radical (unpaired) electrons. The van der Waals surface area contributed by atoms with E-state index in [-0.39, 0.29) is 11.8 Å². The fraction of sp³-hybridized carbons (Fsp3) is 0.636. The molecular formula is C22H32N2O2. The van der Waals surface area contributed by atoms with Gasteiger partial charge in [0.15, 0.2) is 0 Å². The second-order valence-electron chi connectivity index (χ2n) is 7.88. The molecule has 2 saturated heterocycles. The van der Waals surface area contributed by atoms with Crippen LogP contribution in [0.5, 0.6) is 0 Å². The first-order valence-electron chi connectivity index (χ1n) is 10.3. The Hall–Kier alpha value is -1.84. The molecule has 0 saturated carbocycles. The number of hydrogen-bond acceptors (Lipinski definition) is 2. The molecule has 0 N–H and O–H groups in total. The summed E-state index contributed by atoms with van der Waals surface area (Å²) in [6, 6.07) is 8.37. The molecule has 2 fully saturated rings. The maximum atomic E-state index is 12.7. The van der Waals surface area contributed by atoms with E-state index >= 15 is 0 Å². The molecule has 0 spiro atoms. The summed E-state index contributed by atoms with van der Waals surface area (Å²) in [5.74, 6) is 0.680. The maximum absolute atomic E-state index is 12.7. The lowest BCUT2D eigenvalue weighted by atomic mass is 9.94. The normalized spacial score (nSPS) is 19.3. The van der Waals surface area contributed by atoms with Gasteiger partial charge in [0, 0.05) is 38.5 Å². The highest BCUT2D eigenvalue weighted by atomic mass is 16.2. The Kier molecular flexibility index (Phi) is 6.70. The average molecular weight is 357 g/mol. The molecule has 0 aromatic heterocycles. The fourth-order valence-corrected chi connectivity index (χ4v) is 4.20. The van der Waals surface area contributed by atoms with Crippen molar-refractivity contribution in [1.82, 2.24) is 9.80 Å². The van der Waals surface area contributed by atoms with Gasteiger partial charge in [0.05, 0.1) is 0 Å². The van der Waals surface area contributed by atoms with Crippen molar-refractivity contribution in [3.05, 3.63) is 35.4 Å². The van der Waals surface area contributed by atoms with Crippen LogP contribution in [0.3, 0.4) is 0 Å². The SMILES string of the molecule is Cc1cccc(CCC(=O)N2CCC(C(=O)N3CCCCCC3)CC2)c1. The van der Waals surface area contributed by atoms with Crippen LogP contribution in [-0.2, 0) is 16.0 Å². The molecule has 142 valence electrons. The summed E-state index contributed by atoms with van der Waals surface area (Å²) in [6.45, 7) is 5.40. The van der Waals surface area contributed by atoms with Gasteiger partial charge in [-0.1, -0.05) is 42.7 Å². The van der Waals surface area contributed by atoms with Crippen LogP contribution in [0.15, 0.2) is 24.3 Å². The third-order valence-corrected chi connectivity index (χ3v) is 5.82. The zero-order valence-electron chi connectivity index (χ0n) is 16.1. The lowest BCUT2D eigenvalue weighted by Gasteiger charge is -2.34. The van der Waals surface area contributed by atoms with E-state index in [0.29, 0.717) is 12.3 Å². The molecule has 0 bridgehead atoms. The summed E-state index contributed by atoms with van der Waals surface area (Å²) < 4.78 is 0. The molecule has 2 aliphatic rings. The molecule has 4 nitrogen and oxygen atoms in total. The second kappa shape index (κ2) is 9.20. The Labute approximate surface area is 157 Å². The quantitative estimate of drug-likeness (QED) is 0.827. The highest BCUT2D eigenvalue weighted by Gasteiger charge is 2.30. The zero-order chi connectivity index (χ0) is 18.4. The maximum Gasteiger partial charge on any atom is 0.225 e. The number of piperidine rings is 1. The summed E-state index contributed by atoms with van der Waals surface area (Å²) in [5, 5.41) is 0. The van der Waals surface area contributed by atoms with Gasteiger partial charge in [-0.25, -0.2) is 0 Å². The van der Waals surface area contributed by atoms with Crippen molar-refractivity contribution in [2.24, 2.45) is 5.92 Å². The molecule has 2 heterocycles. The number of nitrogens with zero attached hydrogens (tertiary/aromatic N) is 2. The van der Waals surface area contributed by atoms with E-state index in [1.54, 1.807) is 0 Å². The average Bonchev–Trinajstić information content (AvgIpc) is 2.95. The Morgan fingerprint density at radius 2 is 1.65 bits per heavy atom. The van der Waals surface area contributed by atoms with Gasteiger partial charge in [-0.2, -0.15) is 0 Å². The van der Waals surface area contributed by atoms with Crippen molar-refractivity contribution in [3.63, 3.8) is 0 Å². The van der Waals surface area contributed by atoms with E-state index in [4.69, 9.17) is 0 Å². The Morgan fingerprint density at radius 1 is 0.962 bits per heavy atom. The van der Waals surface area contributed by atoms with Crippen LogP contribution in [0.4, 0.5) is 0 Å². The Morgan fingerprint density at radius 3 is 2.31 bits per heavy atom. The van der Waals surface area contributed by atoms with Crippen molar-refractivity contribution in [3.8, 4) is 0 Å². The van der Waals surface area contributed by atoms with Gasteiger partial charge in [0.1, 0.15) is 0 Å². The second-order valence-corrected chi connectivity index (χ2v) is 7.88. The first-order valence-corrected chi connectivity index (χ1v) is 10.3. The summed E-state index contributed by atoms with van der Waals surface area (Å²) in [4.78, 5) is 29.3. The lowest BCUT2D eigenvalue weighted by molar-refractivity contribution is -0.140. The van der Waals surface area contributed by atoms with Crippen LogP contribution in [0.2, 0.25) is 0 Å². The van der Waals surface area contributed by atoms with E-state index in [2.05, 4.69) is 36.1 Å². The highest BCUT2D eigenvalue weighted by Crippen LogP contribution is 2.22. The highest BCUT2D eigenvalue weighted by molar-refractivity contribution is 5.80. The van der Waals surface area contributed by atoms with Gasteiger partial charge in [-0.05, 0) is 44.6 Å². The largest absolute Gasteiger partial charge is 0.343 e.